The summed E-state index contributed by atoms with van der Waals surface area (Å²) in [4.78, 5) is 26.1. The van der Waals surface area contributed by atoms with Crippen molar-refractivity contribution in [1.29, 1.82) is 0 Å². The van der Waals surface area contributed by atoms with Gasteiger partial charge in [-0.15, -0.1) is 0 Å². The van der Waals surface area contributed by atoms with Gasteiger partial charge in [-0.3, -0.25) is 14.6 Å². The zero-order valence-corrected chi connectivity index (χ0v) is 35.4. The Balaban J connectivity index is 0.000000144. The quantitative estimate of drug-likeness (QED) is 0.141. The van der Waals surface area contributed by atoms with Gasteiger partial charge in [0.05, 0.1) is 45.7 Å². The number of pyridine rings is 4. The maximum Gasteiger partial charge on any atom is 0.131 e. The highest BCUT2D eigenvalue weighted by Gasteiger charge is 2.01. The SMILES string of the molecule is Cc1cccc(C#CCCc2ccc3ccccc3n2)n1.FCc1cccc(C#CCCc2cnc3ccccc3n2)n1.FCc1cccc(C#CCCn2cc3ccccc3n2)n1. The third kappa shape index (κ3) is 13.4. The van der Waals surface area contributed by atoms with Gasteiger partial charge in [-0.1, -0.05) is 90.6 Å². The number of aromatic nitrogens is 8. The predicted molar refractivity (Wildman–Crippen MR) is 250 cm³/mol. The molecule has 0 saturated heterocycles. The molecule has 0 amide bonds. The van der Waals surface area contributed by atoms with Gasteiger partial charge in [-0.25, -0.2) is 28.7 Å². The first-order chi connectivity index (χ1) is 31.5. The number of halogens is 2. The molecule has 0 saturated carbocycles. The van der Waals surface area contributed by atoms with Crippen LogP contribution >= 0.6 is 0 Å². The molecule has 10 heteroatoms. The number of nitrogens with zero attached hydrogens (tertiary/aromatic N) is 8. The van der Waals surface area contributed by atoms with Crippen LogP contribution in [-0.2, 0) is 32.7 Å². The van der Waals surface area contributed by atoms with Gasteiger partial charge in [0.25, 0.3) is 0 Å². The minimum absolute atomic E-state index is 0.409. The number of rotatable bonds is 8. The van der Waals surface area contributed by atoms with E-state index >= 15 is 0 Å². The number of hydrogen-bond acceptors (Lipinski definition) is 7. The predicted octanol–water partition coefficient (Wildman–Crippen LogP) is 10.7. The summed E-state index contributed by atoms with van der Waals surface area (Å²) in [6.07, 6.45) is 7.52. The van der Waals surface area contributed by atoms with Gasteiger partial charge in [0.1, 0.15) is 30.4 Å². The lowest BCUT2D eigenvalue weighted by atomic mass is 10.1. The number of para-hydroxylation sites is 3. The lowest BCUT2D eigenvalue weighted by molar-refractivity contribution is 0.475. The van der Waals surface area contributed by atoms with Crippen molar-refractivity contribution in [3.05, 3.63) is 197 Å². The van der Waals surface area contributed by atoms with Gasteiger partial charge < -0.3 is 0 Å². The fourth-order valence-electron chi connectivity index (χ4n) is 6.36. The molecule has 9 rings (SSSR count). The normalized spacial score (nSPS) is 10.2. The van der Waals surface area contributed by atoms with Crippen LogP contribution in [0.25, 0.3) is 32.8 Å². The molecule has 0 atom stereocenters. The summed E-state index contributed by atoms with van der Waals surface area (Å²) >= 11 is 0. The van der Waals surface area contributed by atoms with Crippen molar-refractivity contribution in [3.8, 4) is 35.5 Å². The Morgan fingerprint density at radius 1 is 0.453 bits per heavy atom. The maximum absolute atomic E-state index is 12.5. The van der Waals surface area contributed by atoms with Gasteiger partial charge >= 0.3 is 0 Å². The van der Waals surface area contributed by atoms with Crippen LogP contribution in [0.3, 0.4) is 0 Å². The van der Waals surface area contributed by atoms with Crippen LogP contribution in [0, 0.1) is 42.4 Å². The number of benzene rings is 3. The second kappa shape index (κ2) is 23.2. The van der Waals surface area contributed by atoms with E-state index in [1.54, 1.807) is 42.6 Å². The Morgan fingerprint density at radius 3 is 1.66 bits per heavy atom. The second-order valence-corrected chi connectivity index (χ2v) is 14.4. The molecule has 0 aliphatic heterocycles. The van der Waals surface area contributed by atoms with Crippen molar-refractivity contribution in [2.75, 3.05) is 0 Å². The molecule has 3 aromatic carbocycles. The second-order valence-electron chi connectivity index (χ2n) is 14.4. The van der Waals surface area contributed by atoms with Crippen molar-refractivity contribution >= 4 is 32.8 Å². The van der Waals surface area contributed by atoms with Crippen LogP contribution in [0.2, 0.25) is 0 Å². The summed E-state index contributed by atoms with van der Waals surface area (Å²) in [5.74, 6) is 18.3. The molecule has 9 aromatic rings. The molecule has 0 radical (unpaired) electrons. The van der Waals surface area contributed by atoms with E-state index < -0.39 is 13.3 Å². The summed E-state index contributed by atoms with van der Waals surface area (Å²) in [5.41, 5.74) is 9.68. The Bertz CT molecular complexity index is 3130. The molecular formula is C54H44F2N8. The molecule has 0 N–H and O–H groups in total. The van der Waals surface area contributed by atoms with Crippen molar-refractivity contribution in [3.63, 3.8) is 0 Å². The van der Waals surface area contributed by atoms with Crippen LogP contribution in [0.15, 0.2) is 152 Å². The van der Waals surface area contributed by atoms with Gasteiger partial charge in [-0.2, -0.15) is 5.10 Å². The van der Waals surface area contributed by atoms with E-state index in [1.807, 2.05) is 103 Å². The first-order valence-electron chi connectivity index (χ1n) is 20.9. The number of alkyl halides is 2. The van der Waals surface area contributed by atoms with E-state index in [2.05, 4.69) is 88.7 Å². The third-order valence-electron chi connectivity index (χ3n) is 9.52. The van der Waals surface area contributed by atoms with E-state index in [-0.39, 0.29) is 0 Å². The van der Waals surface area contributed by atoms with E-state index in [0.717, 1.165) is 76.0 Å². The fraction of sp³-hybridized carbons (Fsp3) is 0.167. The van der Waals surface area contributed by atoms with E-state index in [0.29, 0.717) is 35.6 Å². The summed E-state index contributed by atoms with van der Waals surface area (Å²) in [6.45, 7) is 1.58. The van der Waals surface area contributed by atoms with E-state index in [4.69, 9.17) is 0 Å². The summed E-state index contributed by atoms with van der Waals surface area (Å²) in [5, 5.41) is 6.77. The topological polar surface area (TPSA) is 95.2 Å². The highest BCUT2D eigenvalue weighted by molar-refractivity contribution is 5.79. The Morgan fingerprint density at radius 2 is 1.00 bits per heavy atom. The molecule has 0 fully saturated rings. The smallest absolute Gasteiger partial charge is 0.131 e. The first kappa shape index (κ1) is 43.9. The maximum atomic E-state index is 12.5. The number of fused-ring (bicyclic) bond motifs is 3. The third-order valence-corrected chi connectivity index (χ3v) is 9.52. The summed E-state index contributed by atoms with van der Waals surface area (Å²) < 4.78 is 26.9. The van der Waals surface area contributed by atoms with E-state index in [9.17, 15) is 8.78 Å². The van der Waals surface area contributed by atoms with Crippen LogP contribution in [0.5, 0.6) is 0 Å². The van der Waals surface area contributed by atoms with E-state index in [1.165, 1.54) is 5.39 Å². The monoisotopic (exact) mass is 842 g/mol. The molecule has 0 spiro atoms. The highest BCUT2D eigenvalue weighted by Crippen LogP contribution is 2.14. The standard InChI is InChI=1S/C19H16N2.C18H14FN3.C17H14FN3/c1-15-7-6-11-17(20-15)9-3-4-10-18-14-13-16-8-2-5-12-19(16)21-18;19-12-15-9-5-8-14(21-15)6-1-2-7-16-13-20-17-10-3-4-11-18(17)22-16;18-12-16-9-5-8-15(19-16)7-3-4-11-21-13-14-6-1-2-10-17(14)20-21/h2,5-8,11-14H,4,10H2,1H3;3-5,8-11,13H,2,7,12H2;1-2,5-6,8-10,13H,4,11-12H2. The number of aryl methyl sites for hydroxylation is 4. The average Bonchev–Trinajstić information content (AvgIpc) is 3.77. The zero-order valence-electron chi connectivity index (χ0n) is 35.4. The molecule has 0 unspecified atom stereocenters. The van der Waals surface area contributed by atoms with Crippen molar-refractivity contribution in [2.45, 2.75) is 58.9 Å². The zero-order chi connectivity index (χ0) is 44.2. The summed E-state index contributed by atoms with van der Waals surface area (Å²) in [6, 6.07) is 44.5. The van der Waals surface area contributed by atoms with Crippen LogP contribution < -0.4 is 0 Å². The highest BCUT2D eigenvalue weighted by atomic mass is 19.1. The lowest BCUT2D eigenvalue weighted by Gasteiger charge is -2.00. The molecular weight excluding hydrogens is 799 g/mol. The van der Waals surface area contributed by atoms with Gasteiger partial charge in [0.2, 0.25) is 0 Å². The number of hydrogen-bond donors (Lipinski definition) is 0. The molecule has 6 heterocycles. The first-order valence-corrected chi connectivity index (χ1v) is 20.9. The minimum atomic E-state index is -0.567. The summed E-state index contributed by atoms with van der Waals surface area (Å²) in [7, 11) is 0. The molecule has 0 aliphatic rings. The molecule has 0 aliphatic carbocycles. The van der Waals surface area contributed by atoms with Gasteiger partial charge in [0, 0.05) is 66.7 Å². The average molecular weight is 843 g/mol. The van der Waals surface area contributed by atoms with Crippen molar-refractivity contribution in [1.82, 2.24) is 39.7 Å². The molecule has 6 aromatic heterocycles. The minimum Gasteiger partial charge on any atom is -0.271 e. The van der Waals surface area contributed by atoms with Crippen molar-refractivity contribution in [2.24, 2.45) is 0 Å². The molecule has 314 valence electrons. The Kier molecular flexibility index (Phi) is 15.9. The lowest BCUT2D eigenvalue weighted by Crippen LogP contribution is -1.96. The largest absolute Gasteiger partial charge is 0.271 e. The Labute approximate surface area is 372 Å². The van der Waals surface area contributed by atoms with Crippen LogP contribution in [-0.4, -0.2) is 39.7 Å². The molecule has 8 nitrogen and oxygen atoms in total. The van der Waals surface area contributed by atoms with Crippen LogP contribution in [0.4, 0.5) is 8.78 Å². The van der Waals surface area contributed by atoms with Crippen molar-refractivity contribution < 1.29 is 8.78 Å². The van der Waals surface area contributed by atoms with Crippen LogP contribution in [0.1, 0.15) is 64.8 Å². The van der Waals surface area contributed by atoms with Gasteiger partial charge in [0.15, 0.2) is 0 Å². The molecule has 64 heavy (non-hydrogen) atoms. The molecule has 0 bridgehead atoms. The van der Waals surface area contributed by atoms with Gasteiger partial charge in [-0.05, 0) is 91.4 Å². The fourth-order valence-corrected chi connectivity index (χ4v) is 6.36. The Hall–Kier alpha value is -8.13.